The highest BCUT2D eigenvalue weighted by Crippen LogP contribution is 2.20. The normalized spacial score (nSPS) is 24.7. The van der Waals surface area contributed by atoms with E-state index < -0.39 is 0 Å². The molecule has 19 heavy (non-hydrogen) atoms. The zero-order valence-corrected chi connectivity index (χ0v) is 12.9. The topological polar surface area (TPSA) is 27.7 Å². The molecule has 1 atom stereocenters. The van der Waals surface area contributed by atoms with E-state index in [1.165, 1.54) is 38.8 Å². The number of thiocarbonyl (C=S) groups is 1. The van der Waals surface area contributed by atoms with E-state index >= 15 is 0 Å². The first kappa shape index (κ1) is 15.0. The molecule has 5 heteroatoms. The summed E-state index contributed by atoms with van der Waals surface area (Å²) in [7, 11) is 1.74. The highest BCUT2D eigenvalue weighted by molar-refractivity contribution is 7.80. The van der Waals surface area contributed by atoms with Gasteiger partial charge in [0, 0.05) is 39.4 Å². The Hall–Kier alpha value is -0.390. The van der Waals surface area contributed by atoms with E-state index in [2.05, 4.69) is 15.1 Å². The molecular weight excluding hydrogens is 258 g/mol. The van der Waals surface area contributed by atoms with E-state index in [1.54, 1.807) is 7.11 Å². The zero-order chi connectivity index (χ0) is 13.5. The van der Waals surface area contributed by atoms with Gasteiger partial charge in [0.1, 0.15) is 0 Å². The van der Waals surface area contributed by atoms with E-state index in [0.29, 0.717) is 0 Å². The van der Waals surface area contributed by atoms with Gasteiger partial charge < -0.3 is 15.0 Å². The van der Waals surface area contributed by atoms with Gasteiger partial charge in [-0.1, -0.05) is 6.42 Å². The van der Waals surface area contributed by atoms with Crippen LogP contribution in [-0.2, 0) is 4.74 Å². The standard InChI is InChI=1S/C14H27N3OS/c1-18-11-5-7-15-14(19)17-10-6-13(12-17)16-8-3-2-4-9-16/h13H,2-12H2,1H3,(H,15,19). The van der Waals surface area contributed by atoms with Gasteiger partial charge in [0.25, 0.3) is 0 Å². The number of hydrogen-bond donors (Lipinski definition) is 1. The summed E-state index contributed by atoms with van der Waals surface area (Å²) in [5.41, 5.74) is 0. The molecule has 0 aromatic heterocycles. The number of piperidine rings is 1. The van der Waals surface area contributed by atoms with Crippen molar-refractivity contribution in [3.63, 3.8) is 0 Å². The molecule has 4 nitrogen and oxygen atoms in total. The van der Waals surface area contributed by atoms with Crippen molar-refractivity contribution in [2.45, 2.75) is 38.1 Å². The van der Waals surface area contributed by atoms with Gasteiger partial charge >= 0.3 is 0 Å². The molecule has 2 rings (SSSR count). The van der Waals surface area contributed by atoms with Crippen LogP contribution in [0.3, 0.4) is 0 Å². The SMILES string of the molecule is COCCCNC(=S)N1CCC(N2CCCCC2)C1. The van der Waals surface area contributed by atoms with Crippen LogP contribution in [0.15, 0.2) is 0 Å². The molecule has 2 aliphatic heterocycles. The highest BCUT2D eigenvalue weighted by atomic mass is 32.1. The second-order valence-corrected chi connectivity index (χ2v) is 5.95. The molecule has 2 heterocycles. The van der Waals surface area contributed by atoms with E-state index in [9.17, 15) is 0 Å². The molecular formula is C14H27N3OS. The lowest BCUT2D eigenvalue weighted by atomic mass is 10.1. The molecule has 0 spiro atoms. The second kappa shape index (κ2) is 8.02. The van der Waals surface area contributed by atoms with Gasteiger partial charge in [-0.2, -0.15) is 0 Å². The van der Waals surface area contributed by atoms with Crippen molar-refractivity contribution >= 4 is 17.3 Å². The lowest BCUT2D eigenvalue weighted by molar-refractivity contribution is 0.169. The fraction of sp³-hybridized carbons (Fsp3) is 0.929. The van der Waals surface area contributed by atoms with E-state index in [-0.39, 0.29) is 0 Å². The number of likely N-dealkylation sites (tertiary alicyclic amines) is 2. The minimum Gasteiger partial charge on any atom is -0.385 e. The molecule has 1 N–H and O–H groups in total. The Morgan fingerprint density at radius 3 is 2.79 bits per heavy atom. The molecule has 110 valence electrons. The minimum atomic E-state index is 0.721. The van der Waals surface area contributed by atoms with Gasteiger partial charge in [0.05, 0.1) is 0 Å². The number of hydrogen-bond acceptors (Lipinski definition) is 3. The summed E-state index contributed by atoms with van der Waals surface area (Å²) in [6.07, 6.45) is 6.43. The molecule has 0 aliphatic carbocycles. The average molecular weight is 285 g/mol. The largest absolute Gasteiger partial charge is 0.385 e. The van der Waals surface area contributed by atoms with Gasteiger partial charge in [-0.05, 0) is 51.0 Å². The lowest BCUT2D eigenvalue weighted by Gasteiger charge is -2.32. The quantitative estimate of drug-likeness (QED) is 0.610. The average Bonchev–Trinajstić information content (AvgIpc) is 2.94. The minimum absolute atomic E-state index is 0.721. The molecule has 0 amide bonds. The van der Waals surface area contributed by atoms with Gasteiger partial charge in [-0.3, -0.25) is 4.90 Å². The third-order valence-electron chi connectivity index (χ3n) is 4.16. The fourth-order valence-corrected chi connectivity index (χ4v) is 3.30. The molecule has 0 bridgehead atoms. The molecule has 2 aliphatic rings. The Morgan fingerprint density at radius 2 is 2.05 bits per heavy atom. The van der Waals surface area contributed by atoms with Crippen LogP contribution in [0.4, 0.5) is 0 Å². The predicted octanol–water partition coefficient (Wildman–Crippen LogP) is 1.46. The van der Waals surface area contributed by atoms with Gasteiger partial charge in [-0.15, -0.1) is 0 Å². The van der Waals surface area contributed by atoms with Crippen LogP contribution >= 0.6 is 12.2 Å². The van der Waals surface area contributed by atoms with Crippen LogP contribution in [-0.4, -0.2) is 67.4 Å². The van der Waals surface area contributed by atoms with Crippen LogP contribution in [0.25, 0.3) is 0 Å². The van der Waals surface area contributed by atoms with Crippen molar-refractivity contribution in [1.29, 1.82) is 0 Å². The molecule has 2 saturated heterocycles. The summed E-state index contributed by atoms with van der Waals surface area (Å²) < 4.78 is 5.04. The van der Waals surface area contributed by atoms with E-state index in [4.69, 9.17) is 17.0 Å². The van der Waals surface area contributed by atoms with Gasteiger partial charge in [0.15, 0.2) is 5.11 Å². The van der Waals surface area contributed by atoms with Crippen molar-refractivity contribution in [2.24, 2.45) is 0 Å². The molecule has 1 unspecified atom stereocenters. The summed E-state index contributed by atoms with van der Waals surface area (Å²) in [4.78, 5) is 5.00. The summed E-state index contributed by atoms with van der Waals surface area (Å²) in [6, 6.07) is 0.721. The first-order valence-corrected chi connectivity index (χ1v) is 7.98. The predicted molar refractivity (Wildman–Crippen MR) is 82.5 cm³/mol. The Labute approximate surface area is 122 Å². The molecule has 0 aromatic carbocycles. The van der Waals surface area contributed by atoms with Crippen LogP contribution in [0.2, 0.25) is 0 Å². The summed E-state index contributed by atoms with van der Waals surface area (Å²) in [5, 5.41) is 4.27. The van der Waals surface area contributed by atoms with Crippen LogP contribution in [0.5, 0.6) is 0 Å². The number of rotatable bonds is 5. The summed E-state index contributed by atoms with van der Waals surface area (Å²) in [5.74, 6) is 0. The maximum absolute atomic E-state index is 5.47. The molecule has 2 fully saturated rings. The number of ether oxygens (including phenoxy) is 1. The third-order valence-corrected chi connectivity index (χ3v) is 4.56. The summed E-state index contributed by atoms with van der Waals surface area (Å²) in [6.45, 7) is 6.50. The fourth-order valence-electron chi connectivity index (χ4n) is 3.03. The van der Waals surface area contributed by atoms with E-state index in [1.807, 2.05) is 0 Å². The van der Waals surface area contributed by atoms with Crippen molar-refractivity contribution in [2.75, 3.05) is 46.4 Å². The third kappa shape index (κ3) is 4.58. The Morgan fingerprint density at radius 1 is 1.26 bits per heavy atom. The van der Waals surface area contributed by atoms with Crippen molar-refractivity contribution in [1.82, 2.24) is 15.1 Å². The monoisotopic (exact) mass is 285 g/mol. The lowest BCUT2D eigenvalue weighted by Crippen LogP contribution is -2.44. The van der Waals surface area contributed by atoms with Gasteiger partial charge in [0.2, 0.25) is 0 Å². The zero-order valence-electron chi connectivity index (χ0n) is 12.1. The van der Waals surface area contributed by atoms with Crippen LogP contribution in [0.1, 0.15) is 32.1 Å². The number of methoxy groups -OCH3 is 1. The smallest absolute Gasteiger partial charge is 0.168 e. The molecule has 0 aromatic rings. The Kier molecular flexibility index (Phi) is 6.34. The van der Waals surface area contributed by atoms with Crippen molar-refractivity contribution < 1.29 is 4.74 Å². The van der Waals surface area contributed by atoms with Crippen LogP contribution in [0, 0.1) is 0 Å². The molecule has 0 radical (unpaired) electrons. The Balaban J connectivity index is 1.67. The van der Waals surface area contributed by atoms with Crippen molar-refractivity contribution in [3.05, 3.63) is 0 Å². The number of nitrogens with zero attached hydrogens (tertiary/aromatic N) is 2. The molecule has 0 saturated carbocycles. The van der Waals surface area contributed by atoms with E-state index in [0.717, 1.165) is 43.8 Å². The maximum atomic E-state index is 5.47. The van der Waals surface area contributed by atoms with Crippen LogP contribution < -0.4 is 5.32 Å². The first-order valence-electron chi connectivity index (χ1n) is 7.57. The maximum Gasteiger partial charge on any atom is 0.168 e. The second-order valence-electron chi connectivity index (χ2n) is 5.56. The van der Waals surface area contributed by atoms with Gasteiger partial charge in [-0.25, -0.2) is 0 Å². The number of nitrogens with one attached hydrogen (secondary N) is 1. The Bertz CT molecular complexity index is 282. The van der Waals surface area contributed by atoms with Crippen molar-refractivity contribution in [3.8, 4) is 0 Å². The highest BCUT2D eigenvalue weighted by Gasteiger charge is 2.29. The summed E-state index contributed by atoms with van der Waals surface area (Å²) >= 11 is 5.47. The first-order chi connectivity index (χ1) is 9.31.